The highest BCUT2D eigenvalue weighted by Gasteiger charge is 2.09. The summed E-state index contributed by atoms with van der Waals surface area (Å²) in [6, 6.07) is 4.91. The topological polar surface area (TPSA) is 88.0 Å². The van der Waals surface area contributed by atoms with Crippen molar-refractivity contribution < 1.29 is 9.58 Å². The number of hydrogen-bond donors (Lipinski definition) is 1. The molecule has 14 heavy (non-hydrogen) atoms. The van der Waals surface area contributed by atoms with Crippen LogP contribution in [0.25, 0.3) is 11.0 Å². The lowest BCUT2D eigenvalue weighted by Crippen LogP contribution is -2.33. The lowest BCUT2D eigenvalue weighted by atomic mass is 10.3. The van der Waals surface area contributed by atoms with E-state index in [1.165, 1.54) is 7.11 Å². The standard InChI is InChI=1S/C8H8N4O2/c1-14-5-2-3-6-7(4-5)12(13)11-8(9)10-6/h2-4H,1H3,(H2,9,10,11). The summed E-state index contributed by atoms with van der Waals surface area (Å²) in [6.07, 6.45) is 0. The van der Waals surface area contributed by atoms with Crippen molar-refractivity contribution in [3.05, 3.63) is 23.4 Å². The van der Waals surface area contributed by atoms with E-state index < -0.39 is 0 Å². The molecule has 0 radical (unpaired) electrons. The van der Waals surface area contributed by atoms with Gasteiger partial charge in [0.05, 0.1) is 18.3 Å². The minimum Gasteiger partial charge on any atom is -0.594 e. The number of benzene rings is 1. The summed E-state index contributed by atoms with van der Waals surface area (Å²) in [5, 5.41) is 14.7. The molecule has 2 rings (SSSR count). The van der Waals surface area contributed by atoms with E-state index in [1.54, 1.807) is 18.2 Å². The molecule has 0 aliphatic rings. The van der Waals surface area contributed by atoms with Gasteiger partial charge in [0.25, 0.3) is 11.5 Å². The molecule has 1 aromatic heterocycles. The van der Waals surface area contributed by atoms with Crippen LogP contribution in [-0.2, 0) is 0 Å². The van der Waals surface area contributed by atoms with E-state index in [0.29, 0.717) is 21.6 Å². The fourth-order valence-electron chi connectivity index (χ4n) is 1.17. The van der Waals surface area contributed by atoms with E-state index in [-0.39, 0.29) is 5.95 Å². The number of anilines is 1. The van der Waals surface area contributed by atoms with Crippen LogP contribution in [0.3, 0.4) is 0 Å². The predicted molar refractivity (Wildman–Crippen MR) is 49.5 cm³/mol. The van der Waals surface area contributed by atoms with Gasteiger partial charge in [-0.25, -0.2) is 4.98 Å². The quantitative estimate of drug-likeness (QED) is 0.501. The maximum absolute atomic E-state index is 11.3. The van der Waals surface area contributed by atoms with Gasteiger partial charge in [-0.15, -0.1) is 0 Å². The highest BCUT2D eigenvalue weighted by atomic mass is 16.5. The summed E-state index contributed by atoms with van der Waals surface area (Å²) in [6.45, 7) is 0. The number of hydrogen-bond acceptors (Lipinski definition) is 5. The Morgan fingerprint density at radius 3 is 3.00 bits per heavy atom. The van der Waals surface area contributed by atoms with Crippen LogP contribution >= 0.6 is 0 Å². The van der Waals surface area contributed by atoms with Crippen molar-refractivity contribution in [3.63, 3.8) is 0 Å². The van der Waals surface area contributed by atoms with Crippen LogP contribution in [0.5, 0.6) is 5.75 Å². The number of fused-ring (bicyclic) bond motifs is 1. The number of rotatable bonds is 1. The monoisotopic (exact) mass is 192 g/mol. The van der Waals surface area contributed by atoms with Gasteiger partial charge in [0.15, 0.2) is 0 Å². The Kier molecular flexibility index (Phi) is 1.81. The van der Waals surface area contributed by atoms with Gasteiger partial charge in [-0.2, -0.15) is 0 Å². The van der Waals surface area contributed by atoms with Gasteiger partial charge in [-0.3, -0.25) is 0 Å². The van der Waals surface area contributed by atoms with Crippen molar-refractivity contribution in [2.24, 2.45) is 0 Å². The molecule has 0 saturated heterocycles. The fourth-order valence-corrected chi connectivity index (χ4v) is 1.17. The minimum atomic E-state index is -0.0438. The number of nitrogen functional groups attached to an aromatic ring is 1. The van der Waals surface area contributed by atoms with Crippen LogP contribution in [0.1, 0.15) is 0 Å². The molecule has 0 aliphatic carbocycles. The highest BCUT2D eigenvalue weighted by molar-refractivity contribution is 5.73. The van der Waals surface area contributed by atoms with Crippen molar-refractivity contribution in [2.75, 3.05) is 12.8 Å². The smallest absolute Gasteiger partial charge is 0.288 e. The molecule has 0 unspecified atom stereocenters. The van der Waals surface area contributed by atoms with Crippen molar-refractivity contribution in [2.45, 2.75) is 0 Å². The van der Waals surface area contributed by atoms with Gasteiger partial charge in [0.2, 0.25) is 0 Å². The average Bonchev–Trinajstić information content (AvgIpc) is 2.17. The molecule has 1 heterocycles. The van der Waals surface area contributed by atoms with Crippen LogP contribution in [0.2, 0.25) is 0 Å². The molecular weight excluding hydrogens is 184 g/mol. The predicted octanol–water partition coefficient (Wildman–Crippen LogP) is -0.146. The molecule has 0 spiro atoms. The van der Waals surface area contributed by atoms with E-state index in [9.17, 15) is 5.21 Å². The zero-order valence-corrected chi connectivity index (χ0v) is 7.47. The van der Waals surface area contributed by atoms with Crippen molar-refractivity contribution in [1.29, 1.82) is 0 Å². The first-order valence-electron chi connectivity index (χ1n) is 3.92. The Labute approximate surface area is 79.5 Å². The summed E-state index contributed by atoms with van der Waals surface area (Å²) in [5.74, 6) is 0.535. The zero-order valence-electron chi connectivity index (χ0n) is 7.47. The molecule has 2 aromatic rings. The maximum Gasteiger partial charge on any atom is 0.288 e. The normalized spacial score (nSPS) is 10.4. The summed E-state index contributed by atoms with van der Waals surface area (Å²) in [7, 11) is 1.52. The summed E-state index contributed by atoms with van der Waals surface area (Å²) in [4.78, 5) is 4.33. The lowest BCUT2D eigenvalue weighted by Gasteiger charge is -2.01. The maximum atomic E-state index is 11.3. The van der Waals surface area contributed by atoms with Crippen LogP contribution in [0.4, 0.5) is 5.95 Å². The Bertz CT molecular complexity index is 486. The second kappa shape index (κ2) is 2.99. The molecule has 6 nitrogen and oxygen atoms in total. The van der Waals surface area contributed by atoms with Crippen LogP contribution < -0.4 is 15.3 Å². The number of methoxy groups -OCH3 is 1. The summed E-state index contributed by atoms with van der Waals surface area (Å²) in [5.41, 5.74) is 6.15. The van der Waals surface area contributed by atoms with E-state index in [0.717, 1.165) is 0 Å². The van der Waals surface area contributed by atoms with E-state index in [1.807, 2.05) is 0 Å². The Hall–Kier alpha value is -2.11. The molecule has 2 N–H and O–H groups in total. The second-order valence-corrected chi connectivity index (χ2v) is 2.70. The third-order valence-electron chi connectivity index (χ3n) is 1.82. The van der Waals surface area contributed by atoms with Crippen LogP contribution in [0.15, 0.2) is 18.2 Å². The van der Waals surface area contributed by atoms with E-state index in [2.05, 4.69) is 10.1 Å². The van der Waals surface area contributed by atoms with Gasteiger partial charge in [-0.05, 0) is 17.0 Å². The van der Waals surface area contributed by atoms with Gasteiger partial charge in [-0.1, -0.05) is 0 Å². The number of nitrogens with two attached hydrogens (primary N) is 1. The molecule has 0 amide bonds. The molecule has 0 atom stereocenters. The van der Waals surface area contributed by atoms with Crippen molar-refractivity contribution >= 4 is 17.0 Å². The number of aromatic nitrogens is 3. The molecule has 0 fully saturated rings. The van der Waals surface area contributed by atoms with Crippen LogP contribution in [0, 0.1) is 5.21 Å². The van der Waals surface area contributed by atoms with Crippen LogP contribution in [-0.4, -0.2) is 17.2 Å². The molecule has 72 valence electrons. The summed E-state index contributed by atoms with van der Waals surface area (Å²) < 4.78 is 4.97. The Morgan fingerprint density at radius 2 is 2.29 bits per heavy atom. The minimum absolute atomic E-state index is 0.0438. The molecule has 0 saturated carbocycles. The van der Waals surface area contributed by atoms with E-state index in [4.69, 9.17) is 10.5 Å². The van der Waals surface area contributed by atoms with Gasteiger partial charge < -0.3 is 15.7 Å². The number of ether oxygens (including phenoxy) is 1. The molecule has 0 aliphatic heterocycles. The van der Waals surface area contributed by atoms with Gasteiger partial charge in [0, 0.05) is 0 Å². The first kappa shape index (κ1) is 8.49. The third kappa shape index (κ3) is 1.26. The highest BCUT2D eigenvalue weighted by Crippen LogP contribution is 2.15. The van der Waals surface area contributed by atoms with Crippen molar-refractivity contribution in [1.82, 2.24) is 10.1 Å². The lowest BCUT2D eigenvalue weighted by molar-refractivity contribution is -0.641. The Balaban J connectivity index is 2.75. The second-order valence-electron chi connectivity index (χ2n) is 2.70. The summed E-state index contributed by atoms with van der Waals surface area (Å²) >= 11 is 0. The Morgan fingerprint density at radius 1 is 1.50 bits per heavy atom. The largest absolute Gasteiger partial charge is 0.594 e. The molecule has 6 heteroatoms. The SMILES string of the molecule is COc1ccc2nc(N)n[n+]([O-])c2c1. The molecule has 0 bridgehead atoms. The zero-order chi connectivity index (χ0) is 10.1. The first-order chi connectivity index (χ1) is 6.70. The molecule has 1 aromatic carbocycles. The van der Waals surface area contributed by atoms with E-state index >= 15 is 0 Å². The first-order valence-corrected chi connectivity index (χ1v) is 3.92. The van der Waals surface area contributed by atoms with Gasteiger partial charge >= 0.3 is 0 Å². The molecular formula is C8H8N4O2. The average molecular weight is 192 g/mol. The fraction of sp³-hybridized carbons (Fsp3) is 0.125. The van der Waals surface area contributed by atoms with Crippen molar-refractivity contribution in [3.8, 4) is 5.75 Å². The number of nitrogens with zero attached hydrogens (tertiary/aromatic N) is 3. The van der Waals surface area contributed by atoms with Gasteiger partial charge in [0.1, 0.15) is 11.3 Å². The third-order valence-corrected chi connectivity index (χ3v) is 1.82.